The highest BCUT2D eigenvalue weighted by atomic mass is 19.1. The number of benzene rings is 3. The van der Waals surface area contributed by atoms with Crippen molar-refractivity contribution in [2.75, 3.05) is 5.32 Å². The first-order valence-electron chi connectivity index (χ1n) is 10.7. The first kappa shape index (κ1) is 22.8. The number of carbonyl (C=O) groups is 2. The molecule has 1 aromatic heterocycles. The van der Waals surface area contributed by atoms with Crippen molar-refractivity contribution in [1.29, 1.82) is 0 Å². The molecule has 0 aliphatic heterocycles. The van der Waals surface area contributed by atoms with Crippen LogP contribution in [0.15, 0.2) is 72.8 Å². The lowest BCUT2D eigenvalue weighted by Crippen LogP contribution is -2.28. The lowest BCUT2D eigenvalue weighted by atomic mass is 10.1. The van der Waals surface area contributed by atoms with Gasteiger partial charge in [0.1, 0.15) is 12.4 Å². The van der Waals surface area contributed by atoms with Crippen LogP contribution in [0.2, 0.25) is 0 Å². The molecule has 0 aliphatic rings. The molecule has 0 saturated carbocycles. The van der Waals surface area contributed by atoms with Crippen LogP contribution < -0.4 is 10.6 Å². The summed E-state index contributed by atoms with van der Waals surface area (Å²) < 4.78 is 13.5. The molecule has 4 rings (SSSR count). The second kappa shape index (κ2) is 10.0. The van der Waals surface area contributed by atoms with Gasteiger partial charge in [0.25, 0.3) is 5.91 Å². The molecule has 2 N–H and O–H groups in total. The number of carbonyl (C=O) groups excluding carboxylic acids is 2. The van der Waals surface area contributed by atoms with E-state index in [4.69, 9.17) is 0 Å². The van der Waals surface area contributed by atoms with Crippen LogP contribution in [0, 0.1) is 12.7 Å². The Bertz CT molecular complexity index is 1320. The maximum atomic E-state index is 13.5. The van der Waals surface area contributed by atoms with E-state index in [1.165, 1.54) is 6.07 Å². The molecule has 4 aromatic rings. The molecule has 1 heterocycles. The predicted molar refractivity (Wildman–Crippen MR) is 125 cm³/mol. The maximum Gasteiger partial charge on any atom is 0.253 e. The normalized spacial score (nSPS) is 11.6. The fourth-order valence-corrected chi connectivity index (χ4v) is 3.42. The number of hydrogen-bond donors (Lipinski definition) is 2. The summed E-state index contributed by atoms with van der Waals surface area (Å²) in [5, 5.41) is 17.7. The highest BCUT2D eigenvalue weighted by Crippen LogP contribution is 2.19. The first-order chi connectivity index (χ1) is 16.4. The number of para-hydroxylation sites is 1. The van der Waals surface area contributed by atoms with Crippen LogP contribution in [-0.4, -0.2) is 32.0 Å². The molecule has 8 nitrogen and oxygen atoms in total. The monoisotopic (exact) mass is 458 g/mol. The zero-order valence-electron chi connectivity index (χ0n) is 18.7. The summed E-state index contributed by atoms with van der Waals surface area (Å²) in [7, 11) is 0. The van der Waals surface area contributed by atoms with E-state index < -0.39 is 5.91 Å². The van der Waals surface area contributed by atoms with E-state index in [1.54, 1.807) is 43.3 Å². The molecule has 1 atom stereocenters. The zero-order valence-corrected chi connectivity index (χ0v) is 18.7. The molecule has 3 aromatic carbocycles. The van der Waals surface area contributed by atoms with Crippen LogP contribution >= 0.6 is 0 Å². The van der Waals surface area contributed by atoms with Crippen LogP contribution in [0.3, 0.4) is 0 Å². The number of nitrogens with one attached hydrogen (secondary N) is 2. The number of rotatable bonds is 7. The minimum Gasteiger partial charge on any atom is -0.345 e. The summed E-state index contributed by atoms with van der Waals surface area (Å²) in [6.07, 6.45) is 0. The van der Waals surface area contributed by atoms with E-state index in [-0.39, 0.29) is 30.1 Å². The Balaban J connectivity index is 1.42. The standard InChI is InChI=1S/C25H23FN6O2/c1-16-14-19(12-13-21(16)26)24-29-31-32(30-24)15-23(33)28-22-11-7-6-10-20(22)25(34)27-17(2)18-8-4-3-5-9-18/h3-14,17H,15H2,1-2H3,(H,27,34)(H,28,33). The SMILES string of the molecule is Cc1cc(-c2nnn(CC(=O)Nc3ccccc3C(=O)NC(C)c3ccccc3)n2)ccc1F. The van der Waals surface area contributed by atoms with E-state index in [9.17, 15) is 14.0 Å². The van der Waals surface area contributed by atoms with Gasteiger partial charge in [0.15, 0.2) is 0 Å². The van der Waals surface area contributed by atoms with Crippen LogP contribution in [0.25, 0.3) is 11.4 Å². The number of hydrogen-bond acceptors (Lipinski definition) is 5. The van der Waals surface area contributed by atoms with E-state index in [2.05, 4.69) is 26.0 Å². The van der Waals surface area contributed by atoms with E-state index >= 15 is 0 Å². The van der Waals surface area contributed by atoms with Crippen LogP contribution in [0.4, 0.5) is 10.1 Å². The van der Waals surface area contributed by atoms with E-state index in [0.29, 0.717) is 22.4 Å². The summed E-state index contributed by atoms with van der Waals surface area (Å²) in [6, 6.07) is 20.7. The number of tetrazole rings is 1. The van der Waals surface area contributed by atoms with E-state index in [1.807, 2.05) is 37.3 Å². The van der Waals surface area contributed by atoms with Crippen molar-refractivity contribution in [3.05, 3.63) is 95.3 Å². The summed E-state index contributed by atoms with van der Waals surface area (Å²) in [5.74, 6) is -0.766. The van der Waals surface area contributed by atoms with E-state index in [0.717, 1.165) is 10.4 Å². The molecule has 172 valence electrons. The van der Waals surface area contributed by atoms with Gasteiger partial charge < -0.3 is 10.6 Å². The fraction of sp³-hybridized carbons (Fsp3) is 0.160. The molecular weight excluding hydrogens is 435 g/mol. The largest absolute Gasteiger partial charge is 0.345 e. The van der Waals surface area contributed by atoms with Gasteiger partial charge in [-0.15, -0.1) is 10.2 Å². The summed E-state index contributed by atoms with van der Waals surface area (Å²) >= 11 is 0. The highest BCUT2D eigenvalue weighted by Gasteiger charge is 2.17. The second-order valence-corrected chi connectivity index (χ2v) is 7.81. The summed E-state index contributed by atoms with van der Waals surface area (Å²) in [4.78, 5) is 26.6. The van der Waals surface area contributed by atoms with Gasteiger partial charge in [-0.1, -0.05) is 42.5 Å². The highest BCUT2D eigenvalue weighted by molar-refractivity contribution is 6.03. The second-order valence-electron chi connectivity index (χ2n) is 7.81. The van der Waals surface area contributed by atoms with Gasteiger partial charge in [0.2, 0.25) is 11.7 Å². The Morgan fingerprint density at radius 1 is 1.03 bits per heavy atom. The lowest BCUT2D eigenvalue weighted by Gasteiger charge is -2.16. The van der Waals surface area contributed by atoms with Crippen molar-refractivity contribution in [2.24, 2.45) is 0 Å². The van der Waals surface area contributed by atoms with Gasteiger partial charge >= 0.3 is 0 Å². The van der Waals surface area contributed by atoms with Gasteiger partial charge in [0.05, 0.1) is 17.3 Å². The van der Waals surface area contributed by atoms with Gasteiger partial charge in [-0.25, -0.2) is 4.39 Å². The zero-order chi connectivity index (χ0) is 24.1. The average molecular weight is 458 g/mol. The van der Waals surface area contributed by atoms with Gasteiger partial charge in [-0.3, -0.25) is 9.59 Å². The molecule has 2 amide bonds. The first-order valence-corrected chi connectivity index (χ1v) is 10.7. The number of aryl methyl sites for hydroxylation is 1. The number of aromatic nitrogens is 4. The van der Waals surface area contributed by atoms with Gasteiger partial charge in [-0.05, 0) is 60.5 Å². The number of halogens is 1. The quantitative estimate of drug-likeness (QED) is 0.437. The minimum atomic E-state index is -0.421. The lowest BCUT2D eigenvalue weighted by molar-refractivity contribution is -0.117. The van der Waals surface area contributed by atoms with Crippen LogP contribution in [0.1, 0.15) is 34.5 Å². The third-order valence-electron chi connectivity index (χ3n) is 5.25. The molecule has 0 fully saturated rings. The Kier molecular flexibility index (Phi) is 6.72. The summed E-state index contributed by atoms with van der Waals surface area (Å²) in [6.45, 7) is 3.33. The topological polar surface area (TPSA) is 102 Å². The van der Waals surface area contributed by atoms with Gasteiger partial charge in [0, 0.05) is 5.56 Å². The van der Waals surface area contributed by atoms with Crippen LogP contribution in [-0.2, 0) is 11.3 Å². The Hall–Kier alpha value is -4.40. The summed E-state index contributed by atoms with van der Waals surface area (Å²) in [5.41, 5.74) is 2.75. The molecule has 0 saturated heterocycles. The van der Waals surface area contributed by atoms with Crippen molar-refractivity contribution in [3.8, 4) is 11.4 Å². The smallest absolute Gasteiger partial charge is 0.253 e. The molecule has 0 aliphatic carbocycles. The number of nitrogens with zero attached hydrogens (tertiary/aromatic N) is 4. The minimum absolute atomic E-state index is 0.203. The van der Waals surface area contributed by atoms with Crippen LogP contribution in [0.5, 0.6) is 0 Å². The Morgan fingerprint density at radius 2 is 1.76 bits per heavy atom. The van der Waals surface area contributed by atoms with Gasteiger partial charge in [-0.2, -0.15) is 4.80 Å². The predicted octanol–water partition coefficient (Wildman–Crippen LogP) is 3.92. The van der Waals surface area contributed by atoms with Crippen molar-refractivity contribution in [2.45, 2.75) is 26.4 Å². The molecule has 34 heavy (non-hydrogen) atoms. The molecule has 0 radical (unpaired) electrons. The number of amides is 2. The number of anilines is 1. The molecular formula is C25H23FN6O2. The molecule has 9 heteroatoms. The Labute approximate surface area is 195 Å². The fourth-order valence-electron chi connectivity index (χ4n) is 3.42. The molecule has 1 unspecified atom stereocenters. The third-order valence-corrected chi connectivity index (χ3v) is 5.25. The molecule has 0 spiro atoms. The van der Waals surface area contributed by atoms with Crippen molar-refractivity contribution in [3.63, 3.8) is 0 Å². The van der Waals surface area contributed by atoms with Crippen molar-refractivity contribution >= 4 is 17.5 Å². The average Bonchev–Trinajstić information content (AvgIpc) is 3.30. The third kappa shape index (κ3) is 5.32. The van der Waals surface area contributed by atoms with Crippen molar-refractivity contribution < 1.29 is 14.0 Å². The Morgan fingerprint density at radius 3 is 2.53 bits per heavy atom. The van der Waals surface area contributed by atoms with Crippen molar-refractivity contribution in [1.82, 2.24) is 25.5 Å². The maximum absolute atomic E-state index is 13.5. The molecule has 0 bridgehead atoms.